The monoisotopic (exact) mass is 479 g/mol. The number of hydrogen-bond acceptors (Lipinski definition) is 7. The van der Waals surface area contributed by atoms with Gasteiger partial charge in [0.1, 0.15) is 13.2 Å². The summed E-state index contributed by atoms with van der Waals surface area (Å²) < 4.78 is 5.17. The van der Waals surface area contributed by atoms with Crippen molar-refractivity contribution in [2.24, 2.45) is 0 Å². The molecule has 0 aliphatic heterocycles. The van der Waals surface area contributed by atoms with Gasteiger partial charge in [-0.1, -0.05) is 66.5 Å². The zero-order valence-electron chi connectivity index (χ0n) is 16.5. The number of aromatic nitrogens is 4. The summed E-state index contributed by atoms with van der Waals surface area (Å²) in [6, 6.07) is 13.8. The van der Waals surface area contributed by atoms with Crippen molar-refractivity contribution in [2.75, 3.05) is 0 Å². The van der Waals surface area contributed by atoms with E-state index >= 15 is 0 Å². The van der Waals surface area contributed by atoms with Gasteiger partial charge in [-0.05, 0) is 41.1 Å². The van der Waals surface area contributed by atoms with Crippen LogP contribution in [0.4, 0.5) is 4.79 Å². The van der Waals surface area contributed by atoms with Crippen LogP contribution in [0, 0.1) is 0 Å². The van der Waals surface area contributed by atoms with E-state index in [4.69, 9.17) is 27.9 Å². The van der Waals surface area contributed by atoms with Gasteiger partial charge in [0.2, 0.25) is 5.16 Å². The van der Waals surface area contributed by atoms with Gasteiger partial charge in [0, 0.05) is 4.90 Å². The predicted molar refractivity (Wildman–Crippen MR) is 117 cm³/mol. The summed E-state index contributed by atoms with van der Waals surface area (Å²) in [6.45, 7) is 1.76. The molecule has 1 amide bonds. The number of amides is 1. The van der Waals surface area contributed by atoms with Crippen molar-refractivity contribution >= 4 is 46.8 Å². The van der Waals surface area contributed by atoms with Crippen molar-refractivity contribution in [3.63, 3.8) is 0 Å². The highest BCUT2D eigenvalue weighted by atomic mass is 35.5. The Morgan fingerprint density at radius 2 is 1.94 bits per heavy atom. The van der Waals surface area contributed by atoms with Crippen LogP contribution in [0.2, 0.25) is 10.0 Å². The maximum absolute atomic E-state index is 12.6. The number of rotatable bonds is 9. The third-order valence-corrected chi connectivity index (χ3v) is 5.99. The van der Waals surface area contributed by atoms with Crippen LogP contribution in [0.5, 0.6) is 0 Å². The molecule has 162 valence electrons. The van der Waals surface area contributed by atoms with Crippen molar-refractivity contribution in [3.8, 4) is 0 Å². The molecule has 0 radical (unpaired) electrons. The Morgan fingerprint density at radius 3 is 2.68 bits per heavy atom. The first-order chi connectivity index (χ1) is 15.0. The molecule has 1 atom stereocenters. The molecule has 0 spiro atoms. The minimum Gasteiger partial charge on any atom is -0.445 e. The van der Waals surface area contributed by atoms with E-state index in [9.17, 15) is 9.59 Å². The van der Waals surface area contributed by atoms with Crippen LogP contribution in [0.15, 0.2) is 58.6 Å². The summed E-state index contributed by atoms with van der Waals surface area (Å²) in [5, 5.41) is 15.7. The second kappa shape index (κ2) is 11.1. The smallest absolute Gasteiger partial charge is 0.408 e. The van der Waals surface area contributed by atoms with Crippen LogP contribution in [-0.2, 0) is 22.7 Å². The van der Waals surface area contributed by atoms with E-state index in [1.54, 1.807) is 25.1 Å². The molecule has 3 aromatic rings. The number of ether oxygens (including phenoxy) is 1. The Hall–Kier alpha value is -2.62. The second-order valence-electron chi connectivity index (χ2n) is 6.39. The number of carbonyl (C=O) groups is 2. The highest BCUT2D eigenvalue weighted by Gasteiger charge is 2.21. The van der Waals surface area contributed by atoms with Crippen molar-refractivity contribution in [2.45, 2.75) is 42.6 Å². The van der Waals surface area contributed by atoms with E-state index in [0.717, 1.165) is 5.56 Å². The normalized spacial score (nSPS) is 11.7. The van der Waals surface area contributed by atoms with Crippen molar-refractivity contribution in [1.82, 2.24) is 25.5 Å². The Morgan fingerprint density at radius 1 is 1.16 bits per heavy atom. The molecule has 0 bridgehead atoms. The molecule has 0 saturated carbocycles. The average Bonchev–Trinajstić information content (AvgIpc) is 3.21. The van der Waals surface area contributed by atoms with Crippen LogP contribution >= 0.6 is 35.0 Å². The van der Waals surface area contributed by atoms with Gasteiger partial charge in [0.05, 0.1) is 16.1 Å². The quantitative estimate of drug-likeness (QED) is 0.485. The molecule has 0 fully saturated rings. The number of alkyl carbamates (subject to hydrolysis) is 1. The Balaban J connectivity index is 1.53. The van der Waals surface area contributed by atoms with Gasteiger partial charge in [-0.3, -0.25) is 4.79 Å². The molecule has 0 aliphatic carbocycles. The number of Topliss-reactive ketones (excluding diaryl/α,β-unsaturated/α-hetero) is 1. The first kappa shape index (κ1) is 23.1. The van der Waals surface area contributed by atoms with E-state index in [1.165, 1.54) is 16.6 Å². The minimum atomic E-state index is -0.729. The molecule has 1 heterocycles. The molecule has 0 saturated heterocycles. The second-order valence-corrected chi connectivity index (χ2v) is 8.18. The number of benzene rings is 2. The van der Waals surface area contributed by atoms with Crippen LogP contribution in [0.3, 0.4) is 0 Å². The molecule has 1 N–H and O–H groups in total. The summed E-state index contributed by atoms with van der Waals surface area (Å²) in [5.74, 6) is -0.270. The summed E-state index contributed by atoms with van der Waals surface area (Å²) in [4.78, 5) is 26.5. The molecule has 3 rings (SSSR count). The van der Waals surface area contributed by atoms with Gasteiger partial charge in [-0.2, -0.15) is 4.80 Å². The highest BCUT2D eigenvalue weighted by Crippen LogP contribution is 2.35. The fourth-order valence-electron chi connectivity index (χ4n) is 2.56. The Kier molecular flexibility index (Phi) is 8.27. The third kappa shape index (κ3) is 6.68. The number of carbonyl (C=O) groups excluding carboxylic acids is 2. The van der Waals surface area contributed by atoms with Gasteiger partial charge < -0.3 is 10.1 Å². The Bertz CT molecular complexity index is 1050. The lowest BCUT2D eigenvalue weighted by Gasteiger charge is -2.15. The largest absolute Gasteiger partial charge is 0.445 e. The number of ketones is 1. The van der Waals surface area contributed by atoms with E-state index in [1.807, 2.05) is 30.3 Å². The molecule has 8 nitrogen and oxygen atoms in total. The average molecular weight is 480 g/mol. The predicted octanol–water partition coefficient (Wildman–Crippen LogP) is 4.41. The zero-order chi connectivity index (χ0) is 22.2. The van der Waals surface area contributed by atoms with Gasteiger partial charge in [-0.15, -0.1) is 10.2 Å². The number of halogens is 2. The number of nitrogens with one attached hydrogen (secondary N) is 1. The number of tetrazole rings is 1. The molecule has 1 aromatic heterocycles. The van der Waals surface area contributed by atoms with Gasteiger partial charge in [0.15, 0.2) is 5.78 Å². The van der Waals surface area contributed by atoms with Crippen molar-refractivity contribution in [3.05, 3.63) is 64.1 Å². The van der Waals surface area contributed by atoms with Crippen LogP contribution < -0.4 is 5.32 Å². The number of hydrogen-bond donors (Lipinski definition) is 1. The lowest BCUT2D eigenvalue weighted by Crippen LogP contribution is -2.42. The summed E-state index contributed by atoms with van der Waals surface area (Å²) in [5.41, 5.74) is 0.855. The SMILES string of the molecule is CCC(NC(=O)OCc1ccccc1)C(=O)Cn1nnc(Sc2cccc(Cl)c2Cl)n1. The standard InChI is InChI=1S/C20H19Cl2N5O3S/c1-2-15(23-20(29)30-12-13-7-4-3-5-8-13)16(28)11-27-25-19(24-26-27)31-17-10-6-9-14(21)18(17)22/h3-10,15H,2,11-12H2,1H3,(H,23,29). The molecular weight excluding hydrogens is 461 g/mol. The maximum atomic E-state index is 12.6. The fourth-order valence-corrected chi connectivity index (χ4v) is 3.79. The molecule has 2 aromatic carbocycles. The first-order valence-corrected chi connectivity index (χ1v) is 10.9. The zero-order valence-corrected chi connectivity index (χ0v) is 18.8. The minimum absolute atomic E-state index is 0.120. The number of nitrogens with zero attached hydrogens (tertiary/aromatic N) is 4. The van der Waals surface area contributed by atoms with Crippen LogP contribution in [0.25, 0.3) is 0 Å². The molecule has 11 heteroatoms. The van der Waals surface area contributed by atoms with E-state index in [0.29, 0.717) is 26.5 Å². The molecule has 1 unspecified atom stereocenters. The Labute approximate surface area is 193 Å². The topological polar surface area (TPSA) is 99.0 Å². The van der Waals surface area contributed by atoms with E-state index in [-0.39, 0.29) is 18.9 Å². The maximum Gasteiger partial charge on any atom is 0.408 e. The molecule has 0 aliphatic rings. The fraction of sp³-hybridized carbons (Fsp3) is 0.250. The lowest BCUT2D eigenvalue weighted by atomic mass is 10.1. The molecular formula is C20H19Cl2N5O3S. The van der Waals surface area contributed by atoms with Gasteiger partial charge in [-0.25, -0.2) is 4.79 Å². The molecule has 31 heavy (non-hydrogen) atoms. The van der Waals surface area contributed by atoms with Crippen molar-refractivity contribution < 1.29 is 14.3 Å². The van der Waals surface area contributed by atoms with E-state index in [2.05, 4.69) is 20.7 Å². The van der Waals surface area contributed by atoms with Crippen molar-refractivity contribution in [1.29, 1.82) is 0 Å². The summed E-state index contributed by atoms with van der Waals surface area (Å²) >= 11 is 13.4. The van der Waals surface area contributed by atoms with Gasteiger partial charge >= 0.3 is 6.09 Å². The van der Waals surface area contributed by atoms with Gasteiger partial charge in [0.25, 0.3) is 0 Å². The first-order valence-electron chi connectivity index (χ1n) is 9.36. The lowest BCUT2D eigenvalue weighted by molar-refractivity contribution is -0.122. The van der Waals surface area contributed by atoms with E-state index < -0.39 is 12.1 Å². The van der Waals surface area contributed by atoms with Crippen LogP contribution in [0.1, 0.15) is 18.9 Å². The third-order valence-electron chi connectivity index (χ3n) is 4.15. The van der Waals surface area contributed by atoms with Crippen LogP contribution in [-0.4, -0.2) is 38.1 Å². The summed E-state index contributed by atoms with van der Waals surface area (Å²) in [7, 11) is 0. The highest BCUT2D eigenvalue weighted by molar-refractivity contribution is 7.99. The summed E-state index contributed by atoms with van der Waals surface area (Å²) in [6.07, 6.45) is -0.268.